The molecule has 6 heteroatoms. The summed E-state index contributed by atoms with van der Waals surface area (Å²) < 4.78 is 2.20. The number of pyridine rings is 1. The predicted molar refractivity (Wildman–Crippen MR) is 99.6 cm³/mol. The Morgan fingerprint density at radius 1 is 1.35 bits per heavy atom. The first-order valence-electron chi connectivity index (χ1n) is 6.75. The fourth-order valence-electron chi connectivity index (χ4n) is 1.87. The van der Waals surface area contributed by atoms with Crippen LogP contribution in [0.3, 0.4) is 0 Å². The van der Waals surface area contributed by atoms with E-state index in [1.165, 1.54) is 11.8 Å². The zero-order valence-corrected chi connectivity index (χ0v) is 14.8. The third-order valence-corrected chi connectivity index (χ3v) is 4.68. The van der Waals surface area contributed by atoms with E-state index in [0.717, 1.165) is 5.56 Å². The highest BCUT2D eigenvalue weighted by molar-refractivity contribution is 8.24. The van der Waals surface area contributed by atoms with Gasteiger partial charge in [0, 0.05) is 22.2 Å². The molecule has 3 nitrogen and oxygen atoms in total. The summed E-state index contributed by atoms with van der Waals surface area (Å²) in [4.78, 5) is 12.2. The number of benzene rings is 1. The first-order chi connectivity index (χ1) is 11.0. The highest BCUT2D eigenvalue weighted by Gasteiger charge is 2.18. The minimum atomic E-state index is -0.0346. The van der Waals surface area contributed by atoms with Crippen molar-refractivity contribution in [1.29, 1.82) is 5.41 Å². The molecule has 0 aliphatic rings. The lowest BCUT2D eigenvalue weighted by atomic mass is 10.1. The summed E-state index contributed by atoms with van der Waals surface area (Å²) in [5.41, 5.74) is 2.09. The van der Waals surface area contributed by atoms with E-state index < -0.39 is 0 Å². The number of carbonyl (C=O) groups excluding carboxylic acids is 1. The SMILES string of the molecule is Cc1ccc[n+](C(=C=N)C(=S)SCC(=O)c2ccc(Cl)cc2)c1. The molecule has 0 unspecified atom stereocenters. The van der Waals surface area contributed by atoms with Crippen LogP contribution in [0.1, 0.15) is 15.9 Å². The maximum atomic E-state index is 12.2. The Hall–Kier alpha value is -1.78. The minimum absolute atomic E-state index is 0.0346. The van der Waals surface area contributed by atoms with Gasteiger partial charge in [-0.3, -0.25) is 10.2 Å². The molecular formula is C17H14ClN2OS2+. The number of rotatable bonds is 5. The Bertz CT molecular complexity index is 796. The molecule has 0 saturated carbocycles. The summed E-state index contributed by atoms with van der Waals surface area (Å²) in [5, 5.41) is 8.06. The molecule has 0 spiro atoms. The van der Waals surface area contributed by atoms with E-state index in [4.69, 9.17) is 29.2 Å². The molecule has 23 heavy (non-hydrogen) atoms. The number of nitrogens with one attached hydrogen (secondary N) is 1. The van der Waals surface area contributed by atoms with Crippen LogP contribution in [0, 0.1) is 12.3 Å². The highest BCUT2D eigenvalue weighted by Crippen LogP contribution is 2.16. The number of aromatic nitrogens is 1. The van der Waals surface area contributed by atoms with Gasteiger partial charge < -0.3 is 0 Å². The number of hydrogen-bond donors (Lipinski definition) is 1. The van der Waals surface area contributed by atoms with Crippen LogP contribution < -0.4 is 4.57 Å². The number of thiocarbonyl (C=S) groups is 1. The second-order valence-corrected chi connectivity index (χ2v) is 6.86. The van der Waals surface area contributed by atoms with Crippen molar-refractivity contribution in [3.05, 3.63) is 64.9 Å². The lowest BCUT2D eigenvalue weighted by molar-refractivity contribution is -0.574. The lowest BCUT2D eigenvalue weighted by Gasteiger charge is -2.03. The van der Waals surface area contributed by atoms with Crippen molar-refractivity contribution in [2.75, 3.05) is 5.75 Å². The van der Waals surface area contributed by atoms with Gasteiger partial charge in [0.15, 0.2) is 22.4 Å². The Labute approximate surface area is 149 Å². The van der Waals surface area contributed by atoms with Crippen molar-refractivity contribution >= 4 is 57.1 Å². The van der Waals surface area contributed by atoms with Gasteiger partial charge in [0.05, 0.1) is 11.6 Å². The summed E-state index contributed by atoms with van der Waals surface area (Å²) >= 11 is 12.4. The number of carbonyl (C=O) groups is 1. The summed E-state index contributed by atoms with van der Waals surface area (Å²) in [6.07, 6.45) is 3.67. The van der Waals surface area contributed by atoms with Crippen molar-refractivity contribution in [3.8, 4) is 0 Å². The number of ketones is 1. The molecular weight excluding hydrogens is 348 g/mol. The molecule has 0 amide bonds. The van der Waals surface area contributed by atoms with Crippen LogP contribution in [-0.2, 0) is 0 Å². The number of halogens is 1. The fourth-order valence-corrected chi connectivity index (χ4v) is 3.05. The summed E-state index contributed by atoms with van der Waals surface area (Å²) in [6, 6.07) is 10.6. The summed E-state index contributed by atoms with van der Waals surface area (Å²) in [5.74, 6) is 2.53. The minimum Gasteiger partial charge on any atom is -0.293 e. The fraction of sp³-hybridized carbons (Fsp3) is 0.118. The zero-order chi connectivity index (χ0) is 16.8. The van der Waals surface area contributed by atoms with Crippen molar-refractivity contribution < 1.29 is 9.36 Å². The van der Waals surface area contributed by atoms with E-state index in [-0.39, 0.29) is 11.5 Å². The molecule has 0 bridgehead atoms. The average molecular weight is 362 g/mol. The molecule has 0 aliphatic heterocycles. The predicted octanol–water partition coefficient (Wildman–Crippen LogP) is 3.97. The number of thioether (sulfide) groups is 1. The number of nitrogens with zero attached hydrogens (tertiary/aromatic N) is 1. The van der Waals surface area contributed by atoms with Gasteiger partial charge in [0.25, 0.3) is 5.70 Å². The van der Waals surface area contributed by atoms with Crippen LogP contribution >= 0.6 is 35.6 Å². The molecule has 0 radical (unpaired) electrons. The Morgan fingerprint density at radius 2 is 2.04 bits per heavy atom. The van der Waals surface area contributed by atoms with Crippen LogP contribution in [0.25, 0.3) is 5.70 Å². The first kappa shape index (κ1) is 17.6. The third kappa shape index (κ3) is 4.85. The van der Waals surface area contributed by atoms with E-state index in [0.29, 0.717) is 20.5 Å². The van der Waals surface area contributed by atoms with Gasteiger partial charge in [-0.1, -0.05) is 35.6 Å². The van der Waals surface area contributed by atoms with Crippen LogP contribution in [-0.4, -0.2) is 21.6 Å². The topological polar surface area (TPSA) is 44.8 Å². The maximum Gasteiger partial charge on any atom is 0.297 e. The molecule has 116 valence electrons. The third-order valence-electron chi connectivity index (χ3n) is 3.02. The van der Waals surface area contributed by atoms with Crippen molar-refractivity contribution in [3.63, 3.8) is 0 Å². The van der Waals surface area contributed by atoms with Gasteiger partial charge in [-0.2, -0.15) is 4.57 Å². The lowest BCUT2D eigenvalue weighted by Crippen LogP contribution is -2.35. The van der Waals surface area contributed by atoms with Crippen LogP contribution in [0.4, 0.5) is 0 Å². The van der Waals surface area contributed by atoms with Crippen molar-refractivity contribution in [2.45, 2.75) is 6.92 Å². The van der Waals surface area contributed by atoms with Gasteiger partial charge in [-0.25, -0.2) is 0 Å². The highest BCUT2D eigenvalue weighted by atomic mass is 35.5. The van der Waals surface area contributed by atoms with E-state index in [9.17, 15) is 4.79 Å². The van der Waals surface area contributed by atoms with Gasteiger partial charge in [0.2, 0.25) is 0 Å². The largest absolute Gasteiger partial charge is 0.297 e. The number of Topliss-reactive ketones (excluding diaryl/α,β-unsaturated/α-hetero) is 1. The Balaban J connectivity index is 2.05. The van der Waals surface area contributed by atoms with E-state index in [1.807, 2.05) is 25.3 Å². The smallest absolute Gasteiger partial charge is 0.293 e. The monoisotopic (exact) mass is 361 g/mol. The second kappa shape index (κ2) is 8.18. The quantitative estimate of drug-likeness (QED) is 0.288. The van der Waals surface area contributed by atoms with E-state index in [1.54, 1.807) is 35.0 Å². The zero-order valence-electron chi connectivity index (χ0n) is 12.4. The molecule has 0 saturated heterocycles. The molecule has 0 atom stereocenters. The van der Waals surface area contributed by atoms with Crippen molar-refractivity contribution in [2.24, 2.45) is 0 Å². The van der Waals surface area contributed by atoms with Gasteiger partial charge >= 0.3 is 0 Å². The molecule has 0 aliphatic carbocycles. The van der Waals surface area contributed by atoms with Crippen molar-refractivity contribution in [1.82, 2.24) is 0 Å². The second-order valence-electron chi connectivity index (χ2n) is 4.77. The first-order valence-corrected chi connectivity index (χ1v) is 8.52. The molecule has 2 rings (SSSR count). The Morgan fingerprint density at radius 3 is 2.65 bits per heavy atom. The molecule has 2 aromatic rings. The number of aryl methyl sites for hydroxylation is 1. The van der Waals surface area contributed by atoms with Crippen LogP contribution in [0.5, 0.6) is 0 Å². The number of hydrogen-bond acceptors (Lipinski definition) is 4. The summed E-state index contributed by atoms with van der Waals surface area (Å²) in [6.45, 7) is 1.96. The van der Waals surface area contributed by atoms with Gasteiger partial charge in [-0.05, 0) is 37.3 Å². The normalized spacial score (nSPS) is 10.0. The van der Waals surface area contributed by atoms with E-state index >= 15 is 0 Å². The van der Waals surface area contributed by atoms with E-state index in [2.05, 4.69) is 5.87 Å². The van der Waals surface area contributed by atoms with Gasteiger partial charge in [0.1, 0.15) is 0 Å². The Kier molecular flexibility index (Phi) is 6.25. The van der Waals surface area contributed by atoms with Gasteiger partial charge in [-0.15, -0.1) is 0 Å². The molecule has 1 aromatic heterocycles. The summed E-state index contributed by atoms with van der Waals surface area (Å²) in [7, 11) is 0. The molecule has 1 N–H and O–H groups in total. The molecule has 1 heterocycles. The average Bonchev–Trinajstić information content (AvgIpc) is 2.54. The maximum absolute atomic E-state index is 12.2. The molecule has 1 aromatic carbocycles. The molecule has 0 fully saturated rings. The standard InChI is InChI=1S/C17H14ClN2OS2/c1-12-3-2-8-20(10-12)15(9-19)17(22)23-11-16(21)13-4-6-14(18)7-5-13/h2-8,10,19H,11H2,1H3/q+1. The van der Waals surface area contributed by atoms with Crippen LogP contribution in [0.2, 0.25) is 5.02 Å². The van der Waals surface area contributed by atoms with Crippen LogP contribution in [0.15, 0.2) is 48.8 Å².